The van der Waals surface area contributed by atoms with Crippen LogP contribution in [0.5, 0.6) is 0 Å². The Morgan fingerprint density at radius 2 is 2.30 bits per heavy atom. The van der Waals surface area contributed by atoms with Crippen molar-refractivity contribution >= 4 is 35.5 Å². The minimum atomic E-state index is 0. The summed E-state index contributed by atoms with van der Waals surface area (Å²) in [5, 5.41) is 0. The second kappa shape index (κ2) is 5.14. The van der Waals surface area contributed by atoms with Gasteiger partial charge < -0.3 is 6.32 Å². The molecule has 1 aliphatic rings. The zero-order chi connectivity index (χ0) is 6.85. The van der Waals surface area contributed by atoms with E-state index in [1.807, 2.05) is 0 Å². The van der Waals surface area contributed by atoms with Gasteiger partial charge in [-0.25, -0.2) is 0 Å². The van der Waals surface area contributed by atoms with Gasteiger partial charge in [0.25, 0.3) is 0 Å². The second-order valence-electron chi connectivity index (χ2n) is 2.80. The molecule has 0 saturated carbocycles. The minimum Gasteiger partial charge on any atom is -0.364 e. The van der Waals surface area contributed by atoms with E-state index >= 15 is 0 Å². The van der Waals surface area contributed by atoms with Crippen molar-refractivity contribution < 1.29 is 32.7 Å². The van der Waals surface area contributed by atoms with Crippen LogP contribution in [-0.4, -0.2) is 35.5 Å². The van der Waals surface area contributed by atoms with Crippen LogP contribution >= 0.6 is 0 Å². The average molecular weight is 198 g/mol. The van der Waals surface area contributed by atoms with Crippen LogP contribution in [0, 0.1) is 6.32 Å². The summed E-state index contributed by atoms with van der Waals surface area (Å²) in [6, 6.07) is 0. The second-order valence-corrected chi connectivity index (χ2v) is 2.80. The SMILES string of the molecule is [B][B]B1B([B])[CH-]CC1C.[Y]. The Balaban J connectivity index is 0.000000810. The van der Waals surface area contributed by atoms with E-state index < -0.39 is 0 Å². The minimum absolute atomic E-state index is 0. The molecule has 0 aromatic heterocycles. The summed E-state index contributed by atoms with van der Waals surface area (Å²) in [6.07, 6.45) is 3.25. The molecule has 1 saturated heterocycles. The summed E-state index contributed by atoms with van der Waals surface area (Å²) in [6.45, 7) is 2.78. The molecule has 0 amide bonds. The first-order valence-corrected chi connectivity index (χ1v) is 3.39. The first kappa shape index (κ1) is 11.4. The predicted molar refractivity (Wildman–Crippen MR) is 47.1 cm³/mol. The number of hydrogen-bond donors (Lipinski definition) is 0. The van der Waals surface area contributed by atoms with E-state index in [1.165, 1.54) is 0 Å². The quantitative estimate of drug-likeness (QED) is 0.395. The Hall–Kier alpha value is 1.43. The van der Waals surface area contributed by atoms with Gasteiger partial charge in [-0.1, -0.05) is 6.92 Å². The molecule has 10 heavy (non-hydrogen) atoms. The summed E-state index contributed by atoms with van der Waals surface area (Å²) < 4.78 is 0. The summed E-state index contributed by atoms with van der Waals surface area (Å²) in [4.78, 5) is 0. The molecule has 0 spiro atoms. The van der Waals surface area contributed by atoms with Crippen molar-refractivity contribution in [3.63, 3.8) is 0 Å². The molecule has 0 aliphatic carbocycles. The van der Waals surface area contributed by atoms with Crippen LogP contribution in [0.2, 0.25) is 5.82 Å². The monoisotopic (exact) mass is 199 g/mol. The normalized spacial score (nSPS) is 24.3. The van der Waals surface area contributed by atoms with Crippen LogP contribution in [-0.2, 0) is 32.7 Å². The van der Waals surface area contributed by atoms with E-state index in [0.29, 0.717) is 12.3 Å². The van der Waals surface area contributed by atoms with Crippen LogP contribution in [0.25, 0.3) is 0 Å². The Morgan fingerprint density at radius 3 is 2.50 bits per heavy atom. The molecule has 42 valence electrons. The number of hydrogen-bond acceptors (Lipinski definition) is 0. The molecule has 0 N–H and O–H groups in total. The van der Waals surface area contributed by atoms with E-state index in [0.717, 1.165) is 6.42 Å². The maximum Gasteiger partial charge on any atom is 0.0204 e. The van der Waals surface area contributed by atoms with Crippen molar-refractivity contribution in [1.29, 1.82) is 0 Å². The summed E-state index contributed by atoms with van der Waals surface area (Å²) in [5.74, 6) is 0.644. The summed E-state index contributed by atoms with van der Waals surface area (Å²) in [7, 11) is 12.8. The summed E-state index contributed by atoms with van der Waals surface area (Å²) in [5.41, 5.74) is 0. The van der Waals surface area contributed by atoms with Gasteiger partial charge in [0, 0.05) is 54.0 Å². The van der Waals surface area contributed by atoms with Gasteiger partial charge in [-0.05, 0) is 7.74 Å². The largest absolute Gasteiger partial charge is 0.364 e. The first-order valence-electron chi connectivity index (χ1n) is 3.39. The van der Waals surface area contributed by atoms with E-state index in [4.69, 9.17) is 15.5 Å². The molecule has 0 aromatic carbocycles. The third-order valence-corrected chi connectivity index (χ3v) is 2.10. The molecule has 0 nitrogen and oxygen atoms in total. The molecule has 1 heterocycles. The van der Waals surface area contributed by atoms with Gasteiger partial charge in [0.2, 0.25) is 0 Å². The molecular weight excluding hydrogens is 191 g/mol. The maximum absolute atomic E-state index is 5.71. The first-order chi connectivity index (χ1) is 4.25. The van der Waals surface area contributed by atoms with E-state index in [2.05, 4.69) is 13.2 Å². The molecular formula is C4H7B5Y-. The maximum atomic E-state index is 5.71. The fourth-order valence-electron chi connectivity index (χ4n) is 1.38. The van der Waals surface area contributed by atoms with E-state index in [1.54, 1.807) is 7.06 Å². The van der Waals surface area contributed by atoms with Crippen molar-refractivity contribution in [2.45, 2.75) is 19.2 Å². The average Bonchev–Trinajstić information content (AvgIpc) is 2.12. The third kappa shape index (κ3) is 2.48. The molecule has 6 heteroatoms. The standard InChI is InChI=1S/C4H7B5.Y/c1-4-2-3-8(6)9(4)7-5;/h3-4H,2H2,1H3;/q-1;. The van der Waals surface area contributed by atoms with Gasteiger partial charge in [-0.15, -0.1) is 12.3 Å². The molecule has 1 atom stereocenters. The van der Waals surface area contributed by atoms with Crippen molar-refractivity contribution in [3.8, 4) is 0 Å². The van der Waals surface area contributed by atoms with E-state index in [9.17, 15) is 0 Å². The third-order valence-electron chi connectivity index (χ3n) is 2.10. The number of rotatable bonds is 1. The van der Waals surface area contributed by atoms with E-state index in [-0.39, 0.29) is 39.2 Å². The van der Waals surface area contributed by atoms with Gasteiger partial charge >= 0.3 is 0 Å². The fraction of sp³-hybridized carbons (Fsp3) is 0.750. The van der Waals surface area contributed by atoms with Crippen LogP contribution in [0.1, 0.15) is 13.3 Å². The van der Waals surface area contributed by atoms with Gasteiger partial charge in [0.15, 0.2) is 0 Å². The van der Waals surface area contributed by atoms with Crippen molar-refractivity contribution in [2.24, 2.45) is 0 Å². The molecule has 1 rings (SSSR count). The smallest absolute Gasteiger partial charge is 0.0204 e. The fourth-order valence-corrected chi connectivity index (χ4v) is 1.38. The zero-order valence-electron chi connectivity index (χ0n) is 6.33. The van der Waals surface area contributed by atoms with Crippen molar-refractivity contribution in [3.05, 3.63) is 6.32 Å². The van der Waals surface area contributed by atoms with Crippen LogP contribution in [0.15, 0.2) is 0 Å². The van der Waals surface area contributed by atoms with Gasteiger partial charge in [0.05, 0.1) is 0 Å². The zero-order valence-corrected chi connectivity index (χ0v) is 9.16. The molecule has 1 fully saturated rings. The molecule has 0 aromatic rings. The van der Waals surface area contributed by atoms with Crippen LogP contribution in [0.3, 0.4) is 0 Å². The van der Waals surface area contributed by atoms with Gasteiger partial charge in [-0.3, -0.25) is 0 Å². The molecule has 6 radical (unpaired) electrons. The van der Waals surface area contributed by atoms with Gasteiger partial charge in [-0.2, -0.15) is 6.42 Å². The Bertz CT molecular complexity index is 89.6. The molecule has 1 aliphatic heterocycles. The topological polar surface area (TPSA) is 0 Å². The van der Waals surface area contributed by atoms with Gasteiger partial charge in [0.1, 0.15) is 0 Å². The van der Waals surface area contributed by atoms with Crippen molar-refractivity contribution in [2.75, 3.05) is 0 Å². The summed E-state index contributed by atoms with van der Waals surface area (Å²) >= 11 is 0. The Labute approximate surface area is 93.1 Å². The van der Waals surface area contributed by atoms with Crippen molar-refractivity contribution in [1.82, 2.24) is 0 Å². The molecule has 1 unspecified atom stereocenters. The van der Waals surface area contributed by atoms with Crippen LogP contribution < -0.4 is 0 Å². The Kier molecular flexibility index (Phi) is 5.88. The van der Waals surface area contributed by atoms with Crippen LogP contribution in [0.4, 0.5) is 0 Å². The predicted octanol–water partition coefficient (Wildman–Crippen LogP) is -0.461. The molecule has 0 bridgehead atoms. The Morgan fingerprint density at radius 1 is 1.70 bits per heavy atom.